The highest BCUT2D eigenvalue weighted by molar-refractivity contribution is 7.17. The Labute approximate surface area is 173 Å². The van der Waals surface area contributed by atoms with Gasteiger partial charge in [-0.15, -0.1) is 11.3 Å². The molecule has 0 aliphatic heterocycles. The fourth-order valence-electron chi connectivity index (χ4n) is 3.37. The summed E-state index contributed by atoms with van der Waals surface area (Å²) in [6, 6.07) is 7.02. The Kier molecular flexibility index (Phi) is 6.53. The van der Waals surface area contributed by atoms with Crippen molar-refractivity contribution < 1.29 is 23.9 Å². The van der Waals surface area contributed by atoms with Crippen LogP contribution in [0.3, 0.4) is 0 Å². The second kappa shape index (κ2) is 9.09. The van der Waals surface area contributed by atoms with Crippen LogP contribution in [-0.2, 0) is 33.6 Å². The molecule has 0 unspecified atom stereocenters. The molecule has 0 saturated heterocycles. The number of primary amides is 1. The molecule has 1 aromatic carbocycles. The molecule has 2 amide bonds. The molecule has 7 nitrogen and oxygen atoms in total. The van der Waals surface area contributed by atoms with Gasteiger partial charge in [0.2, 0.25) is 0 Å². The van der Waals surface area contributed by atoms with Crippen molar-refractivity contribution in [1.29, 1.82) is 0 Å². The first-order valence-electron chi connectivity index (χ1n) is 9.40. The number of carbonyl (C=O) groups is 3. The van der Waals surface area contributed by atoms with Gasteiger partial charge in [0.1, 0.15) is 10.8 Å². The van der Waals surface area contributed by atoms with E-state index >= 15 is 0 Å². The summed E-state index contributed by atoms with van der Waals surface area (Å²) >= 11 is 1.38. The van der Waals surface area contributed by atoms with Gasteiger partial charge in [0, 0.05) is 4.88 Å². The van der Waals surface area contributed by atoms with E-state index in [0.29, 0.717) is 22.2 Å². The van der Waals surface area contributed by atoms with Crippen molar-refractivity contribution >= 4 is 34.1 Å². The number of carbonyl (C=O) groups excluding carboxylic acids is 3. The number of esters is 1. The van der Waals surface area contributed by atoms with Gasteiger partial charge in [-0.25, -0.2) is 0 Å². The minimum atomic E-state index is -0.552. The quantitative estimate of drug-likeness (QED) is 0.675. The van der Waals surface area contributed by atoms with Crippen LogP contribution in [0.25, 0.3) is 0 Å². The molecule has 3 N–H and O–H groups in total. The third-order valence-corrected chi connectivity index (χ3v) is 6.05. The van der Waals surface area contributed by atoms with Gasteiger partial charge in [0.15, 0.2) is 6.61 Å². The molecule has 1 aliphatic rings. The largest absolute Gasteiger partial charge is 0.497 e. The third kappa shape index (κ3) is 5.14. The van der Waals surface area contributed by atoms with Gasteiger partial charge in [-0.05, 0) is 48.4 Å². The topological polar surface area (TPSA) is 108 Å². The number of amides is 2. The second-order valence-corrected chi connectivity index (χ2v) is 8.26. The third-order valence-electron chi connectivity index (χ3n) is 4.88. The first-order valence-corrected chi connectivity index (χ1v) is 10.2. The lowest BCUT2D eigenvalue weighted by Gasteiger charge is -2.18. The highest BCUT2D eigenvalue weighted by atomic mass is 32.1. The summed E-state index contributed by atoms with van der Waals surface area (Å²) in [5.41, 5.74) is 7.62. The molecule has 1 aromatic heterocycles. The van der Waals surface area contributed by atoms with Gasteiger partial charge in [-0.2, -0.15) is 0 Å². The van der Waals surface area contributed by atoms with Crippen LogP contribution in [0, 0.1) is 5.92 Å². The van der Waals surface area contributed by atoms with E-state index in [1.54, 1.807) is 31.4 Å². The van der Waals surface area contributed by atoms with Crippen LogP contribution in [0.4, 0.5) is 5.00 Å². The number of hydrogen-bond acceptors (Lipinski definition) is 6. The molecule has 154 valence electrons. The minimum Gasteiger partial charge on any atom is -0.497 e. The van der Waals surface area contributed by atoms with Crippen molar-refractivity contribution in [3.8, 4) is 5.75 Å². The summed E-state index contributed by atoms with van der Waals surface area (Å²) in [6.45, 7) is 1.74. The summed E-state index contributed by atoms with van der Waals surface area (Å²) in [5.74, 6) is -0.338. The maximum atomic E-state index is 12.3. The van der Waals surface area contributed by atoms with Crippen LogP contribution in [0.2, 0.25) is 0 Å². The molecule has 29 heavy (non-hydrogen) atoms. The number of fused-ring (bicyclic) bond motifs is 1. The molecule has 1 atom stereocenters. The SMILES string of the molecule is COc1ccc(CC(=O)OCC(=O)Nc2sc3c(c2C(N)=O)CC[C@@H](C)C3)cc1. The maximum absolute atomic E-state index is 12.3. The van der Waals surface area contributed by atoms with Crippen molar-refractivity contribution in [2.75, 3.05) is 19.0 Å². The summed E-state index contributed by atoms with van der Waals surface area (Å²) < 4.78 is 10.1. The normalized spacial score (nSPS) is 15.3. The van der Waals surface area contributed by atoms with Crippen molar-refractivity contribution in [2.45, 2.75) is 32.6 Å². The number of rotatable bonds is 7. The number of ether oxygens (including phenoxy) is 2. The fourth-order valence-corrected chi connectivity index (χ4v) is 4.80. The Bertz CT molecular complexity index is 920. The lowest BCUT2D eigenvalue weighted by Crippen LogP contribution is -2.23. The molecule has 8 heteroatoms. The lowest BCUT2D eigenvalue weighted by atomic mass is 9.88. The standard InChI is InChI=1S/C21H24N2O5S/c1-12-3-8-15-16(9-12)29-21(19(15)20(22)26)23-17(24)11-28-18(25)10-13-4-6-14(27-2)7-5-13/h4-7,12H,3,8-11H2,1-2H3,(H2,22,26)(H,23,24)/t12-/m1/s1. The molecule has 0 saturated carbocycles. The number of methoxy groups -OCH3 is 1. The molecule has 1 aliphatic carbocycles. The van der Waals surface area contributed by atoms with Gasteiger partial charge < -0.3 is 20.5 Å². The van der Waals surface area contributed by atoms with Crippen LogP contribution < -0.4 is 15.8 Å². The van der Waals surface area contributed by atoms with E-state index in [-0.39, 0.29) is 6.42 Å². The number of hydrogen-bond donors (Lipinski definition) is 2. The van der Waals surface area contributed by atoms with Crippen LogP contribution in [-0.4, -0.2) is 31.5 Å². The number of anilines is 1. The first-order chi connectivity index (χ1) is 13.9. The van der Waals surface area contributed by atoms with E-state index in [1.807, 2.05) is 0 Å². The van der Waals surface area contributed by atoms with E-state index in [2.05, 4.69) is 12.2 Å². The van der Waals surface area contributed by atoms with Crippen LogP contribution >= 0.6 is 11.3 Å². The van der Waals surface area contributed by atoms with Crippen LogP contribution in [0.5, 0.6) is 5.75 Å². The van der Waals surface area contributed by atoms with E-state index in [1.165, 1.54) is 11.3 Å². The number of thiophene rings is 1. The molecule has 0 bridgehead atoms. The van der Waals surface area contributed by atoms with E-state index in [4.69, 9.17) is 15.2 Å². The highest BCUT2D eigenvalue weighted by Crippen LogP contribution is 2.39. The Hall–Kier alpha value is -2.87. The fraction of sp³-hybridized carbons (Fsp3) is 0.381. The van der Waals surface area contributed by atoms with Crippen molar-refractivity contribution in [3.63, 3.8) is 0 Å². The molecule has 1 heterocycles. The van der Waals surface area contributed by atoms with Gasteiger partial charge in [0.25, 0.3) is 11.8 Å². The van der Waals surface area contributed by atoms with E-state index < -0.39 is 24.4 Å². The van der Waals surface area contributed by atoms with Gasteiger partial charge in [-0.1, -0.05) is 19.1 Å². The minimum absolute atomic E-state index is 0.0506. The van der Waals surface area contributed by atoms with Gasteiger partial charge in [0.05, 0.1) is 19.1 Å². The van der Waals surface area contributed by atoms with E-state index in [0.717, 1.165) is 35.3 Å². The second-order valence-electron chi connectivity index (χ2n) is 7.15. The molecule has 3 rings (SSSR count). The number of nitrogens with one attached hydrogen (secondary N) is 1. The van der Waals surface area contributed by atoms with Gasteiger partial charge >= 0.3 is 5.97 Å². The van der Waals surface area contributed by atoms with Crippen molar-refractivity contribution in [3.05, 3.63) is 45.8 Å². The zero-order valence-electron chi connectivity index (χ0n) is 16.4. The number of benzene rings is 1. The summed E-state index contributed by atoms with van der Waals surface area (Å²) in [4.78, 5) is 37.2. The zero-order chi connectivity index (χ0) is 21.0. The average molecular weight is 416 g/mol. The Morgan fingerprint density at radius 3 is 2.62 bits per heavy atom. The van der Waals surface area contributed by atoms with Crippen LogP contribution in [0.15, 0.2) is 24.3 Å². The zero-order valence-corrected chi connectivity index (χ0v) is 17.3. The molecule has 0 spiro atoms. The monoisotopic (exact) mass is 416 g/mol. The summed E-state index contributed by atoms with van der Waals surface area (Å²) in [7, 11) is 1.57. The lowest BCUT2D eigenvalue weighted by molar-refractivity contribution is -0.146. The summed E-state index contributed by atoms with van der Waals surface area (Å²) in [5, 5.41) is 3.12. The van der Waals surface area contributed by atoms with E-state index in [9.17, 15) is 14.4 Å². The predicted molar refractivity (Wildman–Crippen MR) is 110 cm³/mol. The molecule has 0 fully saturated rings. The Morgan fingerprint density at radius 2 is 1.97 bits per heavy atom. The summed E-state index contributed by atoms with van der Waals surface area (Å²) in [6.07, 6.45) is 2.68. The van der Waals surface area contributed by atoms with Crippen molar-refractivity contribution in [2.24, 2.45) is 11.7 Å². The smallest absolute Gasteiger partial charge is 0.310 e. The molecular formula is C21H24N2O5S. The van der Waals surface area contributed by atoms with Crippen LogP contribution in [0.1, 0.15) is 39.7 Å². The molecular weight excluding hydrogens is 392 g/mol. The molecule has 0 radical (unpaired) electrons. The first kappa shape index (κ1) is 20.9. The Morgan fingerprint density at radius 1 is 1.24 bits per heavy atom. The molecule has 2 aromatic rings. The van der Waals surface area contributed by atoms with Gasteiger partial charge in [-0.3, -0.25) is 14.4 Å². The number of nitrogens with two attached hydrogens (primary N) is 1. The predicted octanol–water partition coefficient (Wildman–Crippen LogP) is 2.70. The highest BCUT2D eigenvalue weighted by Gasteiger charge is 2.27. The van der Waals surface area contributed by atoms with Crippen molar-refractivity contribution in [1.82, 2.24) is 0 Å². The average Bonchev–Trinajstić information content (AvgIpc) is 3.04. The maximum Gasteiger partial charge on any atom is 0.310 e. The Balaban J connectivity index is 1.58.